The van der Waals surface area contributed by atoms with Crippen molar-refractivity contribution < 1.29 is 0 Å². The zero-order chi connectivity index (χ0) is 11.4. The van der Waals surface area contributed by atoms with Gasteiger partial charge in [0.15, 0.2) is 5.96 Å². The van der Waals surface area contributed by atoms with Crippen LogP contribution in [0.1, 0.15) is 5.56 Å². The third kappa shape index (κ3) is 2.52. The van der Waals surface area contributed by atoms with Crippen LogP contribution in [0, 0.1) is 0 Å². The van der Waals surface area contributed by atoms with E-state index in [-0.39, 0.29) is 0 Å². The summed E-state index contributed by atoms with van der Waals surface area (Å²) >= 11 is 0. The first kappa shape index (κ1) is 11.0. The number of rotatable bonds is 3. The first-order chi connectivity index (χ1) is 7.79. The van der Waals surface area contributed by atoms with Crippen molar-refractivity contribution in [2.45, 2.75) is 6.42 Å². The van der Waals surface area contributed by atoms with Gasteiger partial charge in [-0.15, -0.1) is 0 Å². The molecule has 0 aromatic heterocycles. The fourth-order valence-corrected chi connectivity index (χ4v) is 1.77. The van der Waals surface area contributed by atoms with Crippen LogP contribution in [0.3, 0.4) is 0 Å². The summed E-state index contributed by atoms with van der Waals surface area (Å²) in [5.74, 6) is 0.949. The number of hydrogen-bond acceptors (Lipinski definition) is 4. The van der Waals surface area contributed by atoms with E-state index in [0.29, 0.717) is 6.54 Å². The maximum Gasteiger partial charge on any atom is 0.198 e. The minimum atomic E-state index is 0.685. The second-order valence-electron chi connectivity index (χ2n) is 3.99. The van der Waals surface area contributed by atoms with Gasteiger partial charge in [0.25, 0.3) is 0 Å². The van der Waals surface area contributed by atoms with Crippen molar-refractivity contribution in [1.29, 1.82) is 0 Å². The summed E-state index contributed by atoms with van der Waals surface area (Å²) in [7, 11) is 2.04. The van der Waals surface area contributed by atoms with Crippen molar-refractivity contribution in [1.82, 2.24) is 4.90 Å². The minimum Gasteiger partial charge on any atom is -0.344 e. The van der Waals surface area contributed by atoms with Crippen LogP contribution in [0.5, 0.6) is 0 Å². The molecule has 0 amide bonds. The number of nitrogens with one attached hydrogen (secondary N) is 1. The van der Waals surface area contributed by atoms with E-state index in [1.54, 1.807) is 0 Å². The number of aliphatic imine (C=N–C) groups is 1. The average molecular weight is 218 g/mol. The topological polar surface area (TPSA) is 53.6 Å². The number of guanidine groups is 1. The van der Waals surface area contributed by atoms with Crippen LogP contribution in [-0.4, -0.2) is 37.5 Å². The zero-order valence-corrected chi connectivity index (χ0v) is 9.61. The van der Waals surface area contributed by atoms with Gasteiger partial charge in [0.1, 0.15) is 0 Å². The molecular formula is C12H18N4. The lowest BCUT2D eigenvalue weighted by Crippen LogP contribution is -2.29. The molecule has 0 spiro atoms. The monoisotopic (exact) mass is 218 g/mol. The van der Waals surface area contributed by atoms with Crippen LogP contribution >= 0.6 is 0 Å². The molecule has 0 aliphatic carbocycles. The van der Waals surface area contributed by atoms with Crippen LogP contribution in [0.4, 0.5) is 5.69 Å². The number of hydrogen-bond donors (Lipinski definition) is 2. The van der Waals surface area contributed by atoms with Crippen molar-refractivity contribution in [3.05, 3.63) is 29.8 Å². The molecule has 4 nitrogen and oxygen atoms in total. The predicted molar refractivity (Wildman–Crippen MR) is 67.8 cm³/mol. The molecule has 1 aromatic rings. The SMILES string of the molecule is CN1CCN=C1Nc1cccc(CCN)c1. The molecule has 0 radical (unpaired) electrons. The standard InChI is InChI=1S/C12H18N4/c1-16-8-7-14-12(16)15-11-4-2-3-10(9-11)5-6-13/h2-4,9H,5-8,13H2,1H3,(H,14,15). The van der Waals surface area contributed by atoms with Crippen LogP contribution < -0.4 is 11.1 Å². The molecule has 0 bridgehead atoms. The lowest BCUT2D eigenvalue weighted by Gasteiger charge is -2.15. The van der Waals surface area contributed by atoms with E-state index in [0.717, 1.165) is 31.2 Å². The molecule has 0 fully saturated rings. The van der Waals surface area contributed by atoms with Crippen molar-refractivity contribution in [2.24, 2.45) is 10.7 Å². The van der Waals surface area contributed by atoms with E-state index in [4.69, 9.17) is 5.73 Å². The van der Waals surface area contributed by atoms with Gasteiger partial charge in [-0.25, -0.2) is 0 Å². The number of likely N-dealkylation sites (N-methyl/N-ethyl adjacent to an activating group) is 1. The van der Waals surface area contributed by atoms with Gasteiger partial charge in [0.2, 0.25) is 0 Å². The highest BCUT2D eigenvalue weighted by molar-refractivity contribution is 5.94. The molecule has 3 N–H and O–H groups in total. The Morgan fingerprint density at radius 2 is 2.38 bits per heavy atom. The molecule has 0 atom stereocenters. The highest BCUT2D eigenvalue weighted by Gasteiger charge is 2.11. The van der Waals surface area contributed by atoms with Crippen molar-refractivity contribution in [3.8, 4) is 0 Å². The number of nitrogens with two attached hydrogens (primary N) is 1. The van der Waals surface area contributed by atoms with E-state index in [1.165, 1.54) is 5.56 Å². The Morgan fingerprint density at radius 3 is 3.06 bits per heavy atom. The molecule has 1 aliphatic heterocycles. The highest BCUT2D eigenvalue weighted by Crippen LogP contribution is 2.12. The Balaban J connectivity index is 2.06. The summed E-state index contributed by atoms with van der Waals surface area (Å²) in [5.41, 5.74) is 7.88. The van der Waals surface area contributed by atoms with Crippen LogP contribution in [0.2, 0.25) is 0 Å². The van der Waals surface area contributed by atoms with Gasteiger partial charge >= 0.3 is 0 Å². The number of anilines is 1. The molecule has 1 heterocycles. The molecule has 1 aliphatic rings. The molecule has 0 saturated heterocycles. The zero-order valence-electron chi connectivity index (χ0n) is 9.61. The van der Waals surface area contributed by atoms with Crippen molar-refractivity contribution in [2.75, 3.05) is 32.0 Å². The summed E-state index contributed by atoms with van der Waals surface area (Å²) in [5, 5.41) is 3.32. The second-order valence-corrected chi connectivity index (χ2v) is 3.99. The number of nitrogens with zero attached hydrogens (tertiary/aromatic N) is 2. The molecule has 86 valence electrons. The average Bonchev–Trinajstić information content (AvgIpc) is 2.66. The summed E-state index contributed by atoms with van der Waals surface area (Å²) in [4.78, 5) is 6.52. The second kappa shape index (κ2) is 4.99. The van der Waals surface area contributed by atoms with Gasteiger partial charge in [-0.3, -0.25) is 4.99 Å². The Hall–Kier alpha value is -1.55. The van der Waals surface area contributed by atoms with E-state index < -0.39 is 0 Å². The molecule has 4 heteroatoms. The quantitative estimate of drug-likeness (QED) is 0.792. The molecule has 2 rings (SSSR count). The molecule has 0 unspecified atom stereocenters. The van der Waals surface area contributed by atoms with Gasteiger partial charge in [-0.05, 0) is 30.7 Å². The van der Waals surface area contributed by atoms with Crippen molar-refractivity contribution >= 4 is 11.6 Å². The van der Waals surface area contributed by atoms with E-state index in [1.807, 2.05) is 13.1 Å². The van der Waals surface area contributed by atoms with Crippen LogP contribution in [-0.2, 0) is 6.42 Å². The molecule has 1 aromatic carbocycles. The summed E-state index contributed by atoms with van der Waals surface area (Å²) < 4.78 is 0. The van der Waals surface area contributed by atoms with Crippen LogP contribution in [0.25, 0.3) is 0 Å². The number of benzene rings is 1. The predicted octanol–water partition coefficient (Wildman–Crippen LogP) is 0.901. The lowest BCUT2D eigenvalue weighted by atomic mass is 10.1. The third-order valence-electron chi connectivity index (χ3n) is 2.67. The highest BCUT2D eigenvalue weighted by atomic mass is 15.3. The van der Waals surface area contributed by atoms with Gasteiger partial charge < -0.3 is 16.0 Å². The van der Waals surface area contributed by atoms with Gasteiger partial charge in [-0.1, -0.05) is 12.1 Å². The summed E-state index contributed by atoms with van der Waals surface area (Å²) in [6.07, 6.45) is 0.915. The first-order valence-electron chi connectivity index (χ1n) is 5.61. The lowest BCUT2D eigenvalue weighted by molar-refractivity contribution is 0.555. The maximum atomic E-state index is 5.54. The fraction of sp³-hybridized carbons (Fsp3) is 0.417. The van der Waals surface area contributed by atoms with E-state index in [2.05, 4.69) is 33.4 Å². The first-order valence-corrected chi connectivity index (χ1v) is 5.61. The van der Waals surface area contributed by atoms with Crippen LogP contribution in [0.15, 0.2) is 29.3 Å². The van der Waals surface area contributed by atoms with E-state index in [9.17, 15) is 0 Å². The molecule has 16 heavy (non-hydrogen) atoms. The third-order valence-corrected chi connectivity index (χ3v) is 2.67. The molecular weight excluding hydrogens is 200 g/mol. The normalized spacial score (nSPS) is 15.1. The Labute approximate surface area is 96.2 Å². The largest absolute Gasteiger partial charge is 0.344 e. The fourth-order valence-electron chi connectivity index (χ4n) is 1.77. The molecule has 0 saturated carbocycles. The summed E-state index contributed by atoms with van der Waals surface area (Å²) in [6.45, 7) is 2.55. The maximum absolute atomic E-state index is 5.54. The minimum absolute atomic E-state index is 0.685. The Kier molecular flexibility index (Phi) is 3.41. The Bertz CT molecular complexity index is 386. The van der Waals surface area contributed by atoms with E-state index >= 15 is 0 Å². The smallest absolute Gasteiger partial charge is 0.198 e. The van der Waals surface area contributed by atoms with Crippen molar-refractivity contribution in [3.63, 3.8) is 0 Å². The summed E-state index contributed by atoms with van der Waals surface area (Å²) in [6, 6.07) is 8.32. The van der Waals surface area contributed by atoms with Gasteiger partial charge in [-0.2, -0.15) is 0 Å². The van der Waals surface area contributed by atoms with Gasteiger partial charge in [0, 0.05) is 19.3 Å². The Morgan fingerprint density at radius 1 is 1.50 bits per heavy atom. The van der Waals surface area contributed by atoms with Gasteiger partial charge in [0.05, 0.1) is 6.54 Å².